The number of sulfonamides is 1. The first kappa shape index (κ1) is 17.7. The lowest BCUT2D eigenvalue weighted by Gasteiger charge is -2.17. The van der Waals surface area contributed by atoms with Crippen LogP contribution in [0.15, 0.2) is 0 Å². The number of carbonyl (C=O) groups is 2. The van der Waals surface area contributed by atoms with Gasteiger partial charge < -0.3 is 15.7 Å². The Morgan fingerprint density at radius 1 is 1.24 bits per heavy atom. The lowest BCUT2D eigenvalue weighted by atomic mass is 9.96. The Bertz CT molecular complexity index is 477. The fraction of sp³-hybridized carbons (Fsp3) is 0.833. The van der Waals surface area contributed by atoms with Crippen molar-refractivity contribution in [3.63, 3.8) is 0 Å². The second kappa shape index (κ2) is 7.60. The Morgan fingerprint density at radius 3 is 2.48 bits per heavy atom. The topological polar surface area (TPSA) is 116 Å². The molecule has 3 N–H and O–H groups in total. The minimum absolute atomic E-state index is 0.0133. The van der Waals surface area contributed by atoms with Gasteiger partial charge in [0.25, 0.3) is 0 Å². The molecule has 0 aromatic carbocycles. The second-order valence-corrected chi connectivity index (χ2v) is 7.67. The summed E-state index contributed by atoms with van der Waals surface area (Å²) in [6, 6.07) is -0.472. The molecular weight excluding hydrogens is 298 g/mol. The molecule has 0 aromatic heterocycles. The summed E-state index contributed by atoms with van der Waals surface area (Å²) in [5.41, 5.74) is 0. The van der Waals surface area contributed by atoms with Gasteiger partial charge in [0.2, 0.25) is 10.0 Å². The Kier molecular flexibility index (Phi) is 6.41. The van der Waals surface area contributed by atoms with Gasteiger partial charge >= 0.3 is 12.0 Å². The van der Waals surface area contributed by atoms with Crippen molar-refractivity contribution in [2.75, 3.05) is 32.9 Å². The van der Waals surface area contributed by atoms with Gasteiger partial charge in [-0.05, 0) is 18.8 Å². The van der Waals surface area contributed by atoms with Crippen LogP contribution in [0.5, 0.6) is 0 Å². The van der Waals surface area contributed by atoms with Crippen LogP contribution in [-0.2, 0) is 14.8 Å². The standard InChI is InChI=1S/C12H23N3O5S/c1-15(2)21(19,20)7-6-13-12(18)14-8-9-4-3-5-10(9)11(16)17/h9-10H,3-8H2,1-2H3,(H,16,17)(H2,13,14,18). The number of amides is 2. The summed E-state index contributed by atoms with van der Waals surface area (Å²) in [4.78, 5) is 22.6. The van der Waals surface area contributed by atoms with E-state index in [1.165, 1.54) is 14.1 Å². The van der Waals surface area contributed by atoms with Gasteiger partial charge in [-0.15, -0.1) is 0 Å². The quantitative estimate of drug-likeness (QED) is 0.594. The average Bonchev–Trinajstić information content (AvgIpc) is 2.84. The summed E-state index contributed by atoms with van der Waals surface area (Å²) in [6.07, 6.45) is 2.28. The second-order valence-electron chi connectivity index (χ2n) is 5.37. The molecule has 2 unspecified atom stereocenters. The van der Waals surface area contributed by atoms with E-state index in [0.717, 1.165) is 17.1 Å². The Labute approximate surface area is 124 Å². The van der Waals surface area contributed by atoms with Gasteiger partial charge in [0.1, 0.15) is 0 Å². The van der Waals surface area contributed by atoms with Crippen LogP contribution < -0.4 is 10.6 Å². The third-order valence-electron chi connectivity index (χ3n) is 3.70. The molecule has 1 saturated carbocycles. The number of rotatable bonds is 7. The highest BCUT2D eigenvalue weighted by atomic mass is 32.2. The summed E-state index contributed by atoms with van der Waals surface area (Å²) in [6.45, 7) is 0.308. The van der Waals surface area contributed by atoms with Gasteiger partial charge in [0.05, 0.1) is 11.7 Å². The number of hydrogen-bond donors (Lipinski definition) is 3. The summed E-state index contributed by atoms with van der Waals surface area (Å²) < 4.78 is 24.1. The summed E-state index contributed by atoms with van der Waals surface area (Å²) >= 11 is 0. The molecule has 122 valence electrons. The zero-order valence-corrected chi connectivity index (χ0v) is 13.1. The van der Waals surface area contributed by atoms with Crippen molar-refractivity contribution >= 4 is 22.0 Å². The van der Waals surface area contributed by atoms with Crippen LogP contribution in [0.2, 0.25) is 0 Å². The van der Waals surface area contributed by atoms with Crippen LogP contribution in [0.25, 0.3) is 0 Å². The summed E-state index contributed by atoms with van der Waals surface area (Å²) in [5, 5.41) is 14.1. The van der Waals surface area contributed by atoms with E-state index in [4.69, 9.17) is 5.11 Å². The monoisotopic (exact) mass is 321 g/mol. The first-order valence-electron chi connectivity index (χ1n) is 6.88. The van der Waals surface area contributed by atoms with Crippen LogP contribution >= 0.6 is 0 Å². The number of hydrogen-bond acceptors (Lipinski definition) is 4. The van der Waals surface area contributed by atoms with E-state index in [-0.39, 0.29) is 18.2 Å². The number of urea groups is 1. The normalized spacial score (nSPS) is 22.2. The Balaban J connectivity index is 2.27. The van der Waals surface area contributed by atoms with Gasteiger partial charge in [0.15, 0.2) is 0 Å². The predicted octanol–water partition coefficient (Wildman–Crippen LogP) is -0.322. The number of nitrogens with zero attached hydrogens (tertiary/aromatic N) is 1. The number of aliphatic carboxylic acids is 1. The van der Waals surface area contributed by atoms with E-state index >= 15 is 0 Å². The van der Waals surface area contributed by atoms with E-state index < -0.39 is 27.9 Å². The molecule has 1 aliphatic carbocycles. The van der Waals surface area contributed by atoms with Gasteiger partial charge in [-0.3, -0.25) is 4.79 Å². The van der Waals surface area contributed by atoms with Crippen LogP contribution in [0, 0.1) is 11.8 Å². The fourth-order valence-corrected chi connectivity index (χ4v) is 3.09. The van der Waals surface area contributed by atoms with Gasteiger partial charge in [-0.25, -0.2) is 17.5 Å². The van der Waals surface area contributed by atoms with E-state index in [0.29, 0.717) is 13.0 Å². The zero-order chi connectivity index (χ0) is 16.0. The Hall–Kier alpha value is -1.35. The first-order valence-corrected chi connectivity index (χ1v) is 8.49. The lowest BCUT2D eigenvalue weighted by Crippen LogP contribution is -2.42. The molecule has 0 aromatic rings. The summed E-state index contributed by atoms with van der Waals surface area (Å²) in [7, 11) is -0.467. The molecule has 0 heterocycles. The van der Waals surface area contributed by atoms with Crippen LogP contribution in [0.1, 0.15) is 19.3 Å². The smallest absolute Gasteiger partial charge is 0.314 e. The van der Waals surface area contributed by atoms with Crippen molar-refractivity contribution in [1.82, 2.24) is 14.9 Å². The molecule has 8 nitrogen and oxygen atoms in total. The molecular formula is C12H23N3O5S. The van der Waals surface area contributed by atoms with Gasteiger partial charge in [0, 0.05) is 27.2 Å². The minimum Gasteiger partial charge on any atom is -0.481 e. The molecule has 0 radical (unpaired) electrons. The molecule has 9 heteroatoms. The average molecular weight is 321 g/mol. The Morgan fingerprint density at radius 2 is 1.90 bits per heavy atom. The fourth-order valence-electron chi connectivity index (χ4n) is 2.37. The number of carboxylic acids is 1. The lowest BCUT2D eigenvalue weighted by molar-refractivity contribution is -0.142. The predicted molar refractivity (Wildman–Crippen MR) is 77.3 cm³/mol. The summed E-state index contributed by atoms with van der Waals surface area (Å²) in [5.74, 6) is -1.45. The van der Waals surface area contributed by atoms with E-state index in [2.05, 4.69) is 10.6 Å². The van der Waals surface area contributed by atoms with E-state index in [1.54, 1.807) is 0 Å². The molecule has 1 fully saturated rings. The van der Waals surface area contributed by atoms with Crippen LogP contribution in [0.3, 0.4) is 0 Å². The third kappa shape index (κ3) is 5.50. The zero-order valence-electron chi connectivity index (χ0n) is 12.3. The molecule has 2 atom stereocenters. The largest absolute Gasteiger partial charge is 0.481 e. The molecule has 1 aliphatic rings. The maximum absolute atomic E-state index is 11.6. The van der Waals surface area contributed by atoms with E-state index in [1.807, 2.05) is 0 Å². The van der Waals surface area contributed by atoms with Crippen molar-refractivity contribution < 1.29 is 23.1 Å². The molecule has 1 rings (SSSR count). The molecule has 2 amide bonds. The minimum atomic E-state index is -3.33. The number of nitrogens with one attached hydrogen (secondary N) is 2. The molecule has 0 spiro atoms. The SMILES string of the molecule is CN(C)S(=O)(=O)CCNC(=O)NCC1CCCC1C(=O)O. The number of carboxylic acid groups (broad SMARTS) is 1. The maximum Gasteiger partial charge on any atom is 0.314 e. The van der Waals surface area contributed by atoms with Crippen molar-refractivity contribution in [2.24, 2.45) is 11.8 Å². The first-order chi connectivity index (χ1) is 9.74. The molecule has 0 saturated heterocycles. The van der Waals surface area contributed by atoms with Crippen LogP contribution in [0.4, 0.5) is 4.79 Å². The molecule has 21 heavy (non-hydrogen) atoms. The van der Waals surface area contributed by atoms with Crippen molar-refractivity contribution in [2.45, 2.75) is 19.3 Å². The maximum atomic E-state index is 11.6. The van der Waals surface area contributed by atoms with Crippen LogP contribution in [-0.4, -0.2) is 62.8 Å². The van der Waals surface area contributed by atoms with Crippen molar-refractivity contribution in [3.8, 4) is 0 Å². The highest BCUT2D eigenvalue weighted by Crippen LogP contribution is 2.31. The third-order valence-corrected chi connectivity index (χ3v) is 5.54. The molecule has 0 aliphatic heterocycles. The number of carbonyl (C=O) groups excluding carboxylic acids is 1. The van der Waals surface area contributed by atoms with Gasteiger partial charge in [-0.1, -0.05) is 6.42 Å². The highest BCUT2D eigenvalue weighted by molar-refractivity contribution is 7.89. The highest BCUT2D eigenvalue weighted by Gasteiger charge is 2.32. The van der Waals surface area contributed by atoms with Crippen molar-refractivity contribution in [1.29, 1.82) is 0 Å². The van der Waals surface area contributed by atoms with E-state index in [9.17, 15) is 18.0 Å². The van der Waals surface area contributed by atoms with Gasteiger partial charge in [-0.2, -0.15) is 0 Å². The van der Waals surface area contributed by atoms with Crippen molar-refractivity contribution in [3.05, 3.63) is 0 Å². The molecule has 0 bridgehead atoms.